The molecule has 2 heterocycles. The average Bonchev–Trinajstić information content (AvgIpc) is 3.02. The van der Waals surface area contributed by atoms with Crippen LogP contribution < -0.4 is 16.0 Å². The number of ether oxygens (including phenoxy) is 2. The van der Waals surface area contributed by atoms with Crippen LogP contribution in [-0.2, 0) is 30.4 Å². The molecule has 0 aromatic heterocycles. The van der Waals surface area contributed by atoms with E-state index in [0.29, 0.717) is 16.8 Å². The first kappa shape index (κ1) is 24.2. The molecule has 1 fully saturated rings. The van der Waals surface area contributed by atoms with Crippen LogP contribution in [-0.4, -0.2) is 66.0 Å². The van der Waals surface area contributed by atoms with Crippen molar-refractivity contribution in [3.8, 4) is 0 Å². The van der Waals surface area contributed by atoms with Gasteiger partial charge in [0.25, 0.3) is 5.91 Å². The maximum Gasteiger partial charge on any atom is 0.407 e. The molecule has 1 unspecified atom stereocenters. The molecular weight excluding hydrogens is 432 g/mol. The van der Waals surface area contributed by atoms with Crippen molar-refractivity contribution < 1.29 is 33.4 Å². The molecule has 0 spiro atoms. The standard InChI is InChI=1S/C22H28N4O7/c1-22(2,3)33-21(31)23-8-9-32-12-18(28)24-14-4-5-15-13(10-14)11-26(20(15)30)16-6-7-17(27)25-19(16)29/h4-5,10,16H,6-9,11-12H2,1-3H3,(H,23,31)(H,24,28)(H,25,27,29). The number of imide groups is 1. The van der Waals surface area contributed by atoms with E-state index in [9.17, 15) is 24.0 Å². The third kappa shape index (κ3) is 6.51. The molecule has 3 N–H and O–H groups in total. The Bertz CT molecular complexity index is 970. The molecule has 0 bridgehead atoms. The van der Waals surface area contributed by atoms with E-state index < -0.39 is 29.6 Å². The van der Waals surface area contributed by atoms with Crippen LogP contribution in [0.5, 0.6) is 0 Å². The van der Waals surface area contributed by atoms with E-state index in [1.165, 1.54) is 4.90 Å². The van der Waals surface area contributed by atoms with E-state index in [1.54, 1.807) is 39.0 Å². The van der Waals surface area contributed by atoms with Gasteiger partial charge in [-0.15, -0.1) is 0 Å². The highest BCUT2D eigenvalue weighted by Crippen LogP contribution is 2.29. The first-order valence-electron chi connectivity index (χ1n) is 10.7. The Balaban J connectivity index is 1.45. The molecule has 11 nitrogen and oxygen atoms in total. The second-order valence-corrected chi connectivity index (χ2v) is 8.80. The largest absolute Gasteiger partial charge is 0.444 e. The summed E-state index contributed by atoms with van der Waals surface area (Å²) in [4.78, 5) is 61.3. The number of amides is 5. The monoisotopic (exact) mass is 460 g/mol. The van der Waals surface area contributed by atoms with Gasteiger partial charge in [0.15, 0.2) is 0 Å². The van der Waals surface area contributed by atoms with Crippen molar-refractivity contribution in [1.29, 1.82) is 0 Å². The van der Waals surface area contributed by atoms with Gasteiger partial charge in [0.2, 0.25) is 17.7 Å². The zero-order valence-corrected chi connectivity index (χ0v) is 18.9. The van der Waals surface area contributed by atoms with E-state index in [-0.39, 0.29) is 51.0 Å². The van der Waals surface area contributed by atoms with Crippen molar-refractivity contribution in [3.63, 3.8) is 0 Å². The molecule has 11 heteroatoms. The highest BCUT2D eigenvalue weighted by atomic mass is 16.6. The van der Waals surface area contributed by atoms with Gasteiger partial charge in [-0.05, 0) is 51.0 Å². The Morgan fingerprint density at radius 2 is 1.97 bits per heavy atom. The number of alkyl carbamates (subject to hydrolysis) is 1. The van der Waals surface area contributed by atoms with Crippen molar-refractivity contribution in [2.45, 2.75) is 51.8 Å². The Hall–Kier alpha value is -3.47. The Morgan fingerprint density at radius 3 is 2.67 bits per heavy atom. The fourth-order valence-corrected chi connectivity index (χ4v) is 3.55. The number of rotatable bonds is 7. The van der Waals surface area contributed by atoms with Crippen LogP contribution in [0.4, 0.5) is 10.5 Å². The van der Waals surface area contributed by atoms with Crippen LogP contribution in [0.25, 0.3) is 0 Å². The number of carbonyl (C=O) groups is 5. The van der Waals surface area contributed by atoms with Crippen LogP contribution >= 0.6 is 0 Å². The van der Waals surface area contributed by atoms with Crippen LogP contribution in [0.15, 0.2) is 18.2 Å². The second kappa shape index (κ2) is 9.99. The summed E-state index contributed by atoms with van der Waals surface area (Å²) in [6.45, 7) is 5.61. The number of hydrogen-bond acceptors (Lipinski definition) is 7. The Morgan fingerprint density at radius 1 is 1.21 bits per heavy atom. The van der Waals surface area contributed by atoms with Gasteiger partial charge in [0, 0.05) is 30.8 Å². The zero-order valence-electron chi connectivity index (χ0n) is 18.9. The maximum atomic E-state index is 12.7. The van der Waals surface area contributed by atoms with Gasteiger partial charge in [0.1, 0.15) is 18.2 Å². The molecule has 3 rings (SSSR count). The van der Waals surface area contributed by atoms with Crippen LogP contribution in [0, 0.1) is 0 Å². The number of fused-ring (bicyclic) bond motifs is 1. The summed E-state index contributed by atoms with van der Waals surface area (Å²) in [6, 6.07) is 4.20. The molecule has 1 aromatic carbocycles. The summed E-state index contributed by atoms with van der Waals surface area (Å²) in [5.41, 5.74) is 1.05. The van der Waals surface area contributed by atoms with Gasteiger partial charge in [-0.2, -0.15) is 0 Å². The van der Waals surface area contributed by atoms with Crippen molar-refractivity contribution in [2.75, 3.05) is 25.1 Å². The van der Waals surface area contributed by atoms with Crippen molar-refractivity contribution in [1.82, 2.24) is 15.5 Å². The number of nitrogens with one attached hydrogen (secondary N) is 3. The number of carbonyl (C=O) groups excluding carboxylic acids is 5. The molecule has 0 aliphatic carbocycles. The van der Waals surface area contributed by atoms with Gasteiger partial charge < -0.3 is 25.0 Å². The van der Waals surface area contributed by atoms with Gasteiger partial charge in [-0.3, -0.25) is 24.5 Å². The molecule has 0 saturated carbocycles. The number of hydrogen-bond donors (Lipinski definition) is 3. The maximum absolute atomic E-state index is 12.7. The van der Waals surface area contributed by atoms with Crippen molar-refractivity contribution >= 4 is 35.4 Å². The van der Waals surface area contributed by atoms with Gasteiger partial charge in [-0.25, -0.2) is 4.79 Å². The number of piperidine rings is 1. The molecule has 1 atom stereocenters. The molecule has 178 valence electrons. The lowest BCUT2D eigenvalue weighted by Gasteiger charge is -2.29. The van der Waals surface area contributed by atoms with E-state index in [2.05, 4.69) is 16.0 Å². The van der Waals surface area contributed by atoms with Gasteiger partial charge in [0.05, 0.1) is 6.61 Å². The topological polar surface area (TPSA) is 143 Å². The zero-order chi connectivity index (χ0) is 24.2. The third-order valence-corrected chi connectivity index (χ3v) is 4.96. The summed E-state index contributed by atoms with van der Waals surface area (Å²) in [5.74, 6) is -1.48. The Kier molecular flexibility index (Phi) is 7.32. The minimum absolute atomic E-state index is 0.131. The summed E-state index contributed by atoms with van der Waals surface area (Å²) >= 11 is 0. The molecule has 1 aromatic rings. The lowest BCUT2D eigenvalue weighted by Crippen LogP contribution is -2.52. The lowest BCUT2D eigenvalue weighted by atomic mass is 10.0. The van der Waals surface area contributed by atoms with Crippen LogP contribution in [0.1, 0.15) is 49.5 Å². The highest BCUT2D eigenvalue weighted by Gasteiger charge is 2.39. The predicted octanol–water partition coefficient (Wildman–Crippen LogP) is 0.927. The molecule has 2 aliphatic rings. The minimum atomic E-state index is -0.691. The first-order chi connectivity index (χ1) is 15.5. The van der Waals surface area contributed by atoms with Crippen LogP contribution in [0.2, 0.25) is 0 Å². The van der Waals surface area contributed by atoms with Crippen LogP contribution in [0.3, 0.4) is 0 Å². The van der Waals surface area contributed by atoms with Crippen molar-refractivity contribution in [2.24, 2.45) is 0 Å². The number of nitrogens with zero attached hydrogens (tertiary/aromatic N) is 1. The Labute approximate surface area is 191 Å². The molecular formula is C22H28N4O7. The van der Waals surface area contributed by atoms with Gasteiger partial charge >= 0.3 is 6.09 Å². The summed E-state index contributed by atoms with van der Waals surface area (Å²) in [5, 5.41) is 7.49. The van der Waals surface area contributed by atoms with E-state index in [0.717, 1.165) is 0 Å². The summed E-state index contributed by atoms with van der Waals surface area (Å²) in [7, 11) is 0. The third-order valence-electron chi connectivity index (χ3n) is 4.96. The first-order valence-corrected chi connectivity index (χ1v) is 10.7. The normalized spacial score (nSPS) is 18.0. The number of anilines is 1. The van der Waals surface area contributed by atoms with E-state index in [4.69, 9.17) is 9.47 Å². The quantitative estimate of drug-likeness (QED) is 0.406. The van der Waals surface area contributed by atoms with Crippen molar-refractivity contribution in [3.05, 3.63) is 29.3 Å². The molecule has 1 saturated heterocycles. The molecule has 5 amide bonds. The average molecular weight is 460 g/mol. The molecule has 2 aliphatic heterocycles. The number of benzene rings is 1. The predicted molar refractivity (Wildman–Crippen MR) is 116 cm³/mol. The lowest BCUT2D eigenvalue weighted by molar-refractivity contribution is -0.137. The van der Waals surface area contributed by atoms with E-state index in [1.807, 2.05) is 0 Å². The summed E-state index contributed by atoms with van der Waals surface area (Å²) < 4.78 is 10.4. The van der Waals surface area contributed by atoms with E-state index >= 15 is 0 Å². The minimum Gasteiger partial charge on any atom is -0.444 e. The van der Waals surface area contributed by atoms with Gasteiger partial charge in [-0.1, -0.05) is 0 Å². The fourth-order valence-electron chi connectivity index (χ4n) is 3.55. The fraction of sp³-hybridized carbons (Fsp3) is 0.500. The summed E-state index contributed by atoms with van der Waals surface area (Å²) in [6.07, 6.45) is -0.0891. The smallest absolute Gasteiger partial charge is 0.407 e. The SMILES string of the molecule is CC(C)(C)OC(=O)NCCOCC(=O)Nc1ccc2c(c1)CN(C1CCC(=O)NC1=O)C2=O. The molecule has 33 heavy (non-hydrogen) atoms. The second-order valence-electron chi connectivity index (χ2n) is 8.80. The highest BCUT2D eigenvalue weighted by molar-refractivity contribution is 6.05. The molecule has 0 radical (unpaired) electrons.